The molecule has 0 bridgehead atoms. The van der Waals surface area contributed by atoms with Gasteiger partial charge < -0.3 is 5.32 Å². The molecule has 10 heteroatoms. The van der Waals surface area contributed by atoms with Crippen LogP contribution in [0.3, 0.4) is 0 Å². The fourth-order valence-corrected chi connectivity index (χ4v) is 1.92. The highest BCUT2D eigenvalue weighted by Crippen LogP contribution is 2.27. The van der Waals surface area contributed by atoms with Gasteiger partial charge in [0.1, 0.15) is 11.4 Å². The number of benzene rings is 1. The zero-order chi connectivity index (χ0) is 17.0. The number of nitrogens with one attached hydrogen (secondary N) is 2. The van der Waals surface area contributed by atoms with Crippen LogP contribution in [0.4, 0.5) is 21.6 Å². The molecule has 2 N–H and O–H groups in total. The van der Waals surface area contributed by atoms with Gasteiger partial charge in [0.05, 0.1) is 9.95 Å². The van der Waals surface area contributed by atoms with E-state index in [0.717, 1.165) is 24.4 Å². The molecule has 2 aromatic rings. The van der Waals surface area contributed by atoms with Crippen LogP contribution in [0.25, 0.3) is 0 Å². The smallest absolute Gasteiger partial charge is 0.322 e. The second-order valence-electron chi connectivity index (χ2n) is 4.13. The van der Waals surface area contributed by atoms with E-state index < -0.39 is 22.3 Å². The van der Waals surface area contributed by atoms with E-state index >= 15 is 0 Å². The second kappa shape index (κ2) is 6.67. The summed E-state index contributed by atoms with van der Waals surface area (Å²) in [7, 11) is 0. The largest absolute Gasteiger partial charge is 0.325 e. The van der Waals surface area contributed by atoms with Crippen LogP contribution < -0.4 is 10.6 Å². The fraction of sp³-hybridized carbons (Fsp3) is 0. The molecule has 0 aliphatic heterocycles. The molecule has 1 aromatic carbocycles. The molecule has 1 amide bonds. The maximum absolute atomic E-state index is 13.1. The molecule has 0 saturated heterocycles. The molecule has 116 valence electrons. The number of aromatic nitrogens is 1. The van der Waals surface area contributed by atoms with Crippen molar-refractivity contribution in [3.05, 3.63) is 57.0 Å². The standard InChI is InChI=1S/C13H7ClFN5O3/c14-9-5-7(1-2-10(9)15)19-13(21)8-3-4-17-12(18-6-16)11(8)20(22)23/h1-5H,(H,17,18)(H,19,21). The molecule has 2 rings (SSSR count). The summed E-state index contributed by atoms with van der Waals surface area (Å²) >= 11 is 5.60. The Bertz CT molecular complexity index is 837. The molecule has 23 heavy (non-hydrogen) atoms. The van der Waals surface area contributed by atoms with Gasteiger partial charge in [-0.15, -0.1) is 0 Å². The number of carbonyl (C=O) groups is 1. The van der Waals surface area contributed by atoms with Gasteiger partial charge in [-0.1, -0.05) is 11.6 Å². The van der Waals surface area contributed by atoms with Crippen molar-refractivity contribution in [3.8, 4) is 6.19 Å². The SMILES string of the molecule is N#CNc1nccc(C(=O)Nc2ccc(F)c(Cl)c2)c1[N+](=O)[O-]. The zero-order valence-electron chi connectivity index (χ0n) is 11.2. The lowest BCUT2D eigenvalue weighted by molar-refractivity contribution is -0.384. The summed E-state index contributed by atoms with van der Waals surface area (Å²) in [6, 6.07) is 4.58. The Morgan fingerprint density at radius 2 is 2.17 bits per heavy atom. The van der Waals surface area contributed by atoms with E-state index in [2.05, 4.69) is 10.3 Å². The van der Waals surface area contributed by atoms with E-state index in [1.165, 1.54) is 12.3 Å². The summed E-state index contributed by atoms with van der Waals surface area (Å²) in [6.45, 7) is 0. The van der Waals surface area contributed by atoms with Crippen molar-refractivity contribution in [2.75, 3.05) is 10.6 Å². The average molecular weight is 336 g/mol. The Balaban J connectivity index is 2.39. The first-order valence-electron chi connectivity index (χ1n) is 5.99. The number of nitrogens with zero attached hydrogens (tertiary/aromatic N) is 3. The topological polar surface area (TPSA) is 121 Å². The zero-order valence-corrected chi connectivity index (χ0v) is 12.0. The molecule has 0 radical (unpaired) electrons. The van der Waals surface area contributed by atoms with E-state index in [0.29, 0.717) is 0 Å². The molecule has 0 aliphatic carbocycles. The average Bonchev–Trinajstić information content (AvgIpc) is 2.50. The van der Waals surface area contributed by atoms with Crippen molar-refractivity contribution in [2.24, 2.45) is 0 Å². The minimum atomic E-state index is -0.834. The minimum Gasteiger partial charge on any atom is -0.322 e. The molecule has 8 nitrogen and oxygen atoms in total. The predicted molar refractivity (Wildman–Crippen MR) is 79.5 cm³/mol. The van der Waals surface area contributed by atoms with Crippen LogP contribution in [0, 0.1) is 27.4 Å². The fourth-order valence-electron chi connectivity index (χ4n) is 1.74. The Kier molecular flexibility index (Phi) is 4.68. The summed E-state index contributed by atoms with van der Waals surface area (Å²) in [4.78, 5) is 26.1. The Morgan fingerprint density at radius 1 is 1.43 bits per heavy atom. The van der Waals surface area contributed by atoms with Gasteiger partial charge in [-0.3, -0.25) is 20.2 Å². The van der Waals surface area contributed by atoms with Crippen LogP contribution in [0.1, 0.15) is 10.4 Å². The van der Waals surface area contributed by atoms with E-state index in [-0.39, 0.29) is 22.1 Å². The third kappa shape index (κ3) is 3.50. The van der Waals surface area contributed by atoms with Crippen molar-refractivity contribution in [1.82, 2.24) is 4.98 Å². The first-order chi connectivity index (χ1) is 10.9. The maximum atomic E-state index is 13.1. The monoisotopic (exact) mass is 335 g/mol. The minimum absolute atomic E-state index is 0.155. The molecule has 1 aromatic heterocycles. The molecule has 0 fully saturated rings. The molecule has 0 atom stereocenters. The van der Waals surface area contributed by atoms with Crippen LogP contribution >= 0.6 is 11.6 Å². The summed E-state index contributed by atoms with van der Waals surface area (Å²) in [5.41, 5.74) is -0.815. The second-order valence-corrected chi connectivity index (χ2v) is 4.54. The number of nitriles is 1. The van der Waals surface area contributed by atoms with Gasteiger partial charge in [0.15, 0.2) is 6.19 Å². The highest BCUT2D eigenvalue weighted by molar-refractivity contribution is 6.31. The van der Waals surface area contributed by atoms with Crippen molar-refractivity contribution in [2.45, 2.75) is 0 Å². The Morgan fingerprint density at radius 3 is 2.78 bits per heavy atom. The van der Waals surface area contributed by atoms with E-state index in [9.17, 15) is 19.3 Å². The molecule has 1 heterocycles. The maximum Gasteiger partial charge on any atom is 0.325 e. The third-order valence-electron chi connectivity index (χ3n) is 2.70. The van der Waals surface area contributed by atoms with Gasteiger partial charge in [-0.25, -0.2) is 9.37 Å². The number of halogens is 2. The highest BCUT2D eigenvalue weighted by Gasteiger charge is 2.26. The predicted octanol–water partition coefficient (Wildman–Crippen LogP) is 2.93. The van der Waals surface area contributed by atoms with Gasteiger partial charge in [-0.05, 0) is 24.3 Å². The van der Waals surface area contributed by atoms with Gasteiger partial charge >= 0.3 is 5.69 Å². The summed E-state index contributed by atoms with van der Waals surface area (Å²) in [5.74, 6) is -1.86. The summed E-state index contributed by atoms with van der Waals surface area (Å²) in [5, 5.41) is 23.9. The number of nitro groups is 1. The van der Waals surface area contributed by atoms with Gasteiger partial charge in [-0.2, -0.15) is 5.26 Å². The molecule has 0 spiro atoms. The number of pyridine rings is 1. The summed E-state index contributed by atoms with van der Waals surface area (Å²) in [6.07, 6.45) is 2.64. The van der Waals surface area contributed by atoms with Crippen LogP contribution in [0.2, 0.25) is 5.02 Å². The lowest BCUT2D eigenvalue weighted by Crippen LogP contribution is -2.15. The van der Waals surface area contributed by atoms with Gasteiger partial charge in [0, 0.05) is 11.9 Å². The molecule has 0 aliphatic rings. The quantitative estimate of drug-likeness (QED) is 0.383. The van der Waals surface area contributed by atoms with Crippen molar-refractivity contribution in [1.29, 1.82) is 5.26 Å². The van der Waals surface area contributed by atoms with Crippen molar-refractivity contribution >= 4 is 34.7 Å². The molecular formula is C13H7ClFN5O3. The van der Waals surface area contributed by atoms with Gasteiger partial charge in [0.25, 0.3) is 5.91 Å². The molecule has 0 unspecified atom stereocenters. The lowest BCUT2D eigenvalue weighted by atomic mass is 10.2. The molecular weight excluding hydrogens is 329 g/mol. The van der Waals surface area contributed by atoms with Gasteiger partial charge in [0.2, 0.25) is 5.82 Å². The Labute approximate surface area is 133 Å². The molecule has 0 saturated carbocycles. The first-order valence-corrected chi connectivity index (χ1v) is 6.36. The lowest BCUT2D eigenvalue weighted by Gasteiger charge is -2.08. The van der Waals surface area contributed by atoms with Crippen LogP contribution in [-0.4, -0.2) is 15.8 Å². The van der Waals surface area contributed by atoms with Crippen molar-refractivity contribution in [3.63, 3.8) is 0 Å². The summed E-state index contributed by atoms with van der Waals surface area (Å²) < 4.78 is 13.1. The highest BCUT2D eigenvalue weighted by atomic mass is 35.5. The number of hydrogen-bond acceptors (Lipinski definition) is 6. The van der Waals surface area contributed by atoms with E-state index in [1.54, 1.807) is 0 Å². The third-order valence-corrected chi connectivity index (χ3v) is 2.99. The number of anilines is 2. The number of carbonyl (C=O) groups excluding carboxylic acids is 1. The normalized spacial score (nSPS) is 9.78. The number of hydrogen-bond donors (Lipinski definition) is 2. The van der Waals surface area contributed by atoms with E-state index in [4.69, 9.17) is 16.9 Å². The van der Waals surface area contributed by atoms with Crippen molar-refractivity contribution < 1.29 is 14.1 Å². The van der Waals surface area contributed by atoms with Crippen LogP contribution in [0.15, 0.2) is 30.5 Å². The number of rotatable bonds is 4. The Hall–Kier alpha value is -3.25. The van der Waals surface area contributed by atoms with Crippen LogP contribution in [0.5, 0.6) is 0 Å². The van der Waals surface area contributed by atoms with E-state index in [1.807, 2.05) is 5.32 Å². The number of amides is 1. The van der Waals surface area contributed by atoms with Crippen LogP contribution in [-0.2, 0) is 0 Å². The first kappa shape index (κ1) is 16.1.